The van der Waals surface area contributed by atoms with Gasteiger partial charge in [0, 0.05) is 24.3 Å². The maximum Gasteiger partial charge on any atom is 0.329 e. The van der Waals surface area contributed by atoms with E-state index in [4.69, 9.17) is 17.0 Å². The average Bonchev–Trinajstić information content (AvgIpc) is 3.23. The highest BCUT2D eigenvalue weighted by Crippen LogP contribution is 2.24. The summed E-state index contributed by atoms with van der Waals surface area (Å²) in [6, 6.07) is 18.6. The minimum absolute atomic E-state index is 0.108. The van der Waals surface area contributed by atoms with Crippen LogP contribution >= 0.6 is 24.0 Å². The first kappa shape index (κ1) is 20.6. The van der Waals surface area contributed by atoms with Gasteiger partial charge in [-0.2, -0.15) is 0 Å². The third-order valence-corrected chi connectivity index (χ3v) is 6.11. The third kappa shape index (κ3) is 5.66. The Bertz CT molecular complexity index is 811. The normalized spacial score (nSPS) is 16.0. The number of nitrogens with zero attached hydrogens (tertiary/aromatic N) is 1. The van der Waals surface area contributed by atoms with Crippen LogP contribution < -0.4 is 0 Å². The molecule has 1 saturated heterocycles. The Morgan fingerprint density at radius 1 is 1.07 bits per heavy atom. The van der Waals surface area contributed by atoms with Crippen molar-refractivity contribution in [3.8, 4) is 0 Å². The number of carbonyl (C=O) groups is 2. The fraction of sp³-hybridized carbons (Fsp3) is 0.318. The van der Waals surface area contributed by atoms with Crippen LogP contribution in [0.15, 0.2) is 60.7 Å². The molecule has 0 unspecified atom stereocenters. The van der Waals surface area contributed by atoms with Crippen LogP contribution in [0.3, 0.4) is 0 Å². The van der Waals surface area contributed by atoms with Gasteiger partial charge < -0.3 is 9.64 Å². The number of rotatable bonds is 7. The van der Waals surface area contributed by atoms with Gasteiger partial charge >= 0.3 is 5.97 Å². The van der Waals surface area contributed by atoms with E-state index in [1.807, 2.05) is 65.6 Å². The van der Waals surface area contributed by atoms with Crippen molar-refractivity contribution in [3.05, 3.63) is 71.8 Å². The number of carbonyl (C=O) groups excluding carboxylic acids is 2. The number of thioether (sulfide) groups is 1. The monoisotopic (exact) mass is 413 g/mol. The van der Waals surface area contributed by atoms with Gasteiger partial charge in [-0.1, -0.05) is 84.6 Å². The molecule has 28 heavy (non-hydrogen) atoms. The fourth-order valence-corrected chi connectivity index (χ4v) is 4.45. The standard InChI is InChI=1S/C22H23NO3S2/c24-20(18-10-5-2-6-11-18)13-15-28-22(27)23-14-7-12-19(23)21(25)26-16-17-8-3-1-4-9-17/h1-6,8-11,19H,7,12-16H2/t19-/m0/s1. The lowest BCUT2D eigenvalue weighted by atomic mass is 10.1. The average molecular weight is 414 g/mol. The second-order valence-electron chi connectivity index (χ2n) is 6.60. The van der Waals surface area contributed by atoms with Gasteiger partial charge in [-0.05, 0) is 18.4 Å². The molecule has 146 valence electrons. The zero-order chi connectivity index (χ0) is 19.8. The Hall–Kier alpha value is -2.18. The van der Waals surface area contributed by atoms with E-state index in [0.29, 0.717) is 16.5 Å². The highest BCUT2D eigenvalue weighted by molar-refractivity contribution is 8.22. The summed E-state index contributed by atoms with van der Waals surface area (Å²) in [7, 11) is 0. The van der Waals surface area contributed by atoms with Crippen molar-refractivity contribution in [2.75, 3.05) is 12.3 Å². The number of likely N-dealkylation sites (tertiary alicyclic amines) is 1. The first-order valence-electron chi connectivity index (χ1n) is 9.37. The summed E-state index contributed by atoms with van der Waals surface area (Å²) in [6.45, 7) is 1.03. The minimum Gasteiger partial charge on any atom is -0.459 e. The lowest BCUT2D eigenvalue weighted by Crippen LogP contribution is -2.39. The highest BCUT2D eigenvalue weighted by atomic mass is 32.2. The van der Waals surface area contributed by atoms with Crippen LogP contribution in [0.25, 0.3) is 0 Å². The lowest BCUT2D eigenvalue weighted by molar-refractivity contribution is -0.148. The van der Waals surface area contributed by atoms with Crippen LogP contribution in [0.1, 0.15) is 35.2 Å². The molecule has 1 aliphatic rings. The SMILES string of the molecule is O=C(CCSC(=S)N1CCC[C@H]1C(=O)OCc1ccccc1)c1ccccc1. The predicted molar refractivity (Wildman–Crippen MR) is 116 cm³/mol. The molecule has 0 N–H and O–H groups in total. The van der Waals surface area contributed by atoms with E-state index in [1.54, 1.807) is 0 Å². The second kappa shape index (κ2) is 10.4. The molecule has 1 aliphatic heterocycles. The maximum atomic E-state index is 12.5. The predicted octanol–water partition coefficient (Wildman–Crippen LogP) is 4.49. The van der Waals surface area contributed by atoms with Crippen molar-refractivity contribution in [2.45, 2.75) is 31.9 Å². The Morgan fingerprint density at radius 2 is 1.75 bits per heavy atom. The maximum absolute atomic E-state index is 12.5. The topological polar surface area (TPSA) is 46.6 Å². The molecular weight excluding hydrogens is 390 g/mol. The van der Waals surface area contributed by atoms with E-state index in [2.05, 4.69) is 0 Å². The Balaban J connectivity index is 1.46. The first-order valence-corrected chi connectivity index (χ1v) is 10.8. The van der Waals surface area contributed by atoms with E-state index in [1.165, 1.54) is 11.8 Å². The van der Waals surface area contributed by atoms with E-state index in [-0.39, 0.29) is 24.4 Å². The minimum atomic E-state index is -0.325. The van der Waals surface area contributed by atoms with Crippen molar-refractivity contribution in [1.29, 1.82) is 0 Å². The first-order chi connectivity index (χ1) is 13.6. The highest BCUT2D eigenvalue weighted by Gasteiger charge is 2.33. The molecule has 0 saturated carbocycles. The summed E-state index contributed by atoms with van der Waals surface area (Å²) in [5.74, 6) is 0.482. The van der Waals surface area contributed by atoms with E-state index >= 15 is 0 Å². The summed E-state index contributed by atoms with van der Waals surface area (Å²) >= 11 is 6.99. The zero-order valence-electron chi connectivity index (χ0n) is 15.6. The lowest BCUT2D eigenvalue weighted by Gasteiger charge is -2.25. The van der Waals surface area contributed by atoms with Crippen molar-refractivity contribution >= 4 is 40.1 Å². The molecule has 0 radical (unpaired) electrons. The number of esters is 1. The van der Waals surface area contributed by atoms with Gasteiger partial charge in [0.2, 0.25) is 0 Å². The number of ketones is 1. The second-order valence-corrected chi connectivity index (χ2v) is 8.33. The molecule has 1 atom stereocenters. The quantitative estimate of drug-likeness (QED) is 0.379. The van der Waals surface area contributed by atoms with Crippen LogP contribution in [-0.4, -0.2) is 39.3 Å². The molecular formula is C22H23NO3S2. The smallest absolute Gasteiger partial charge is 0.329 e. The Kier molecular flexibility index (Phi) is 7.62. The van der Waals surface area contributed by atoms with Gasteiger partial charge in [0.25, 0.3) is 0 Å². The van der Waals surface area contributed by atoms with Gasteiger partial charge in [0.15, 0.2) is 5.78 Å². The van der Waals surface area contributed by atoms with Gasteiger partial charge in [-0.3, -0.25) is 4.79 Å². The number of hydrogen-bond acceptors (Lipinski definition) is 5. The van der Waals surface area contributed by atoms with Gasteiger partial charge in [-0.15, -0.1) is 0 Å². The fourth-order valence-electron chi connectivity index (χ4n) is 3.14. The Morgan fingerprint density at radius 3 is 2.46 bits per heavy atom. The summed E-state index contributed by atoms with van der Waals surface area (Å²) in [6.07, 6.45) is 2.08. The van der Waals surface area contributed by atoms with Crippen LogP contribution in [0.2, 0.25) is 0 Å². The molecule has 0 amide bonds. The largest absolute Gasteiger partial charge is 0.459 e. The van der Waals surface area contributed by atoms with Crippen LogP contribution in [0, 0.1) is 0 Å². The molecule has 0 bridgehead atoms. The molecule has 1 heterocycles. The van der Waals surface area contributed by atoms with E-state index in [9.17, 15) is 9.59 Å². The van der Waals surface area contributed by atoms with Gasteiger partial charge in [0.05, 0.1) is 0 Å². The summed E-state index contributed by atoms with van der Waals surface area (Å²) in [5.41, 5.74) is 1.69. The molecule has 0 spiro atoms. The molecule has 4 nitrogen and oxygen atoms in total. The molecule has 2 aromatic carbocycles. The zero-order valence-corrected chi connectivity index (χ0v) is 17.2. The molecule has 0 aromatic heterocycles. The Labute approximate surface area is 175 Å². The molecule has 1 fully saturated rings. The van der Waals surface area contributed by atoms with Crippen molar-refractivity contribution in [2.24, 2.45) is 0 Å². The van der Waals surface area contributed by atoms with Crippen LogP contribution in [-0.2, 0) is 16.1 Å². The molecule has 2 aromatic rings. The number of ether oxygens (including phenoxy) is 1. The van der Waals surface area contributed by atoms with Crippen molar-refractivity contribution < 1.29 is 14.3 Å². The summed E-state index contributed by atoms with van der Waals surface area (Å²) in [4.78, 5) is 26.7. The third-order valence-electron chi connectivity index (χ3n) is 4.63. The molecule has 6 heteroatoms. The number of Topliss-reactive ketones (excluding diaryl/α,β-unsaturated/α-hetero) is 1. The van der Waals surface area contributed by atoms with Crippen LogP contribution in [0.5, 0.6) is 0 Å². The summed E-state index contributed by atoms with van der Waals surface area (Å²) < 4.78 is 6.16. The summed E-state index contributed by atoms with van der Waals surface area (Å²) in [5, 5.41) is 0. The van der Waals surface area contributed by atoms with Crippen molar-refractivity contribution in [1.82, 2.24) is 4.90 Å². The van der Waals surface area contributed by atoms with E-state index < -0.39 is 0 Å². The number of benzene rings is 2. The molecule has 0 aliphatic carbocycles. The van der Waals surface area contributed by atoms with Gasteiger partial charge in [-0.25, -0.2) is 4.79 Å². The van der Waals surface area contributed by atoms with Crippen molar-refractivity contribution in [3.63, 3.8) is 0 Å². The molecule has 3 rings (SSSR count). The number of thiocarbonyl (C=S) groups is 1. The van der Waals surface area contributed by atoms with E-state index in [0.717, 1.165) is 30.5 Å². The van der Waals surface area contributed by atoms with Crippen LogP contribution in [0.4, 0.5) is 0 Å². The van der Waals surface area contributed by atoms with Gasteiger partial charge in [0.1, 0.15) is 17.0 Å². The number of hydrogen-bond donors (Lipinski definition) is 0.